The third-order valence-electron chi connectivity index (χ3n) is 2.62. The Morgan fingerprint density at radius 3 is 2.31 bits per heavy atom. The molecule has 0 bridgehead atoms. The maximum atomic E-state index is 11.5. The summed E-state index contributed by atoms with van der Waals surface area (Å²) in [4.78, 5) is 11.5. The lowest BCUT2D eigenvalue weighted by atomic mass is 10.0. The molecule has 0 radical (unpaired) electrons. The lowest BCUT2D eigenvalue weighted by Gasteiger charge is -2.06. The standard InChI is InChI=1S/C13H18O3/c1-3-4-5-11(14)6-10-7-12(15)9(2)13(16)8-10/h7-8,15-16H,3-6H2,1-2H3. The van der Waals surface area contributed by atoms with Crippen LogP contribution in [0.15, 0.2) is 12.1 Å². The Hall–Kier alpha value is -1.51. The Labute approximate surface area is 95.7 Å². The van der Waals surface area contributed by atoms with Crippen LogP contribution in [-0.2, 0) is 11.2 Å². The van der Waals surface area contributed by atoms with Gasteiger partial charge in [-0.2, -0.15) is 0 Å². The summed E-state index contributed by atoms with van der Waals surface area (Å²) in [7, 11) is 0. The number of rotatable bonds is 5. The summed E-state index contributed by atoms with van der Waals surface area (Å²) in [6.45, 7) is 3.67. The summed E-state index contributed by atoms with van der Waals surface area (Å²) in [5, 5.41) is 19.0. The number of aromatic hydroxyl groups is 2. The minimum Gasteiger partial charge on any atom is -0.508 e. The predicted octanol–water partition coefficient (Wildman–Crippen LogP) is 2.71. The van der Waals surface area contributed by atoms with E-state index in [0.717, 1.165) is 12.8 Å². The maximum absolute atomic E-state index is 11.5. The van der Waals surface area contributed by atoms with Gasteiger partial charge in [0, 0.05) is 18.4 Å². The second kappa shape index (κ2) is 5.54. The van der Waals surface area contributed by atoms with Gasteiger partial charge in [0.05, 0.1) is 0 Å². The van der Waals surface area contributed by atoms with Crippen LogP contribution in [0.1, 0.15) is 37.3 Å². The van der Waals surface area contributed by atoms with E-state index in [2.05, 4.69) is 0 Å². The number of phenolic OH excluding ortho intramolecular Hbond substituents is 2. The van der Waals surface area contributed by atoms with E-state index >= 15 is 0 Å². The van der Waals surface area contributed by atoms with Gasteiger partial charge in [0.2, 0.25) is 0 Å². The highest BCUT2D eigenvalue weighted by atomic mass is 16.3. The van der Waals surface area contributed by atoms with Gasteiger partial charge in [0.25, 0.3) is 0 Å². The first-order valence-corrected chi connectivity index (χ1v) is 5.57. The highest BCUT2D eigenvalue weighted by Gasteiger charge is 2.08. The van der Waals surface area contributed by atoms with Crippen LogP contribution in [-0.4, -0.2) is 16.0 Å². The van der Waals surface area contributed by atoms with E-state index in [0.29, 0.717) is 17.5 Å². The summed E-state index contributed by atoms with van der Waals surface area (Å²) >= 11 is 0. The van der Waals surface area contributed by atoms with Crippen LogP contribution in [0.4, 0.5) is 0 Å². The maximum Gasteiger partial charge on any atom is 0.137 e. The van der Waals surface area contributed by atoms with E-state index in [1.54, 1.807) is 19.1 Å². The zero-order valence-corrected chi connectivity index (χ0v) is 9.79. The summed E-state index contributed by atoms with van der Waals surface area (Å²) in [6, 6.07) is 3.08. The first-order chi connectivity index (χ1) is 7.54. The van der Waals surface area contributed by atoms with Gasteiger partial charge in [-0.15, -0.1) is 0 Å². The molecule has 0 aliphatic heterocycles. The first-order valence-electron chi connectivity index (χ1n) is 5.57. The van der Waals surface area contributed by atoms with Crippen molar-refractivity contribution in [2.75, 3.05) is 0 Å². The Kier molecular flexibility index (Phi) is 4.35. The molecule has 3 heteroatoms. The molecule has 0 aliphatic carbocycles. The SMILES string of the molecule is CCCCC(=O)Cc1cc(O)c(C)c(O)c1. The smallest absolute Gasteiger partial charge is 0.137 e. The van der Waals surface area contributed by atoms with E-state index in [4.69, 9.17) is 0 Å². The molecular weight excluding hydrogens is 204 g/mol. The summed E-state index contributed by atoms with van der Waals surface area (Å²) in [5.74, 6) is 0.223. The number of phenols is 2. The summed E-state index contributed by atoms with van der Waals surface area (Å²) in [5.41, 5.74) is 1.12. The lowest BCUT2D eigenvalue weighted by molar-refractivity contribution is -0.118. The molecule has 0 amide bonds. The second-order valence-corrected chi connectivity index (χ2v) is 4.08. The fraction of sp³-hybridized carbons (Fsp3) is 0.462. The van der Waals surface area contributed by atoms with Crippen molar-refractivity contribution in [2.24, 2.45) is 0 Å². The zero-order valence-electron chi connectivity index (χ0n) is 9.79. The van der Waals surface area contributed by atoms with Crippen molar-refractivity contribution in [1.29, 1.82) is 0 Å². The second-order valence-electron chi connectivity index (χ2n) is 4.08. The number of carbonyl (C=O) groups is 1. The minimum atomic E-state index is 0.0401. The molecule has 0 saturated carbocycles. The molecule has 16 heavy (non-hydrogen) atoms. The van der Waals surface area contributed by atoms with E-state index in [9.17, 15) is 15.0 Å². The van der Waals surface area contributed by atoms with Gasteiger partial charge in [-0.1, -0.05) is 13.3 Å². The molecule has 0 unspecified atom stereocenters. The van der Waals surface area contributed by atoms with Gasteiger partial charge in [-0.25, -0.2) is 0 Å². The minimum absolute atomic E-state index is 0.0401. The molecule has 1 aromatic rings. The van der Waals surface area contributed by atoms with Gasteiger partial charge < -0.3 is 10.2 Å². The lowest BCUT2D eigenvalue weighted by Crippen LogP contribution is -2.02. The van der Waals surface area contributed by atoms with Gasteiger partial charge in [-0.3, -0.25) is 4.79 Å². The third-order valence-corrected chi connectivity index (χ3v) is 2.62. The number of hydrogen-bond acceptors (Lipinski definition) is 3. The predicted molar refractivity (Wildman–Crippen MR) is 62.7 cm³/mol. The molecule has 0 spiro atoms. The van der Waals surface area contributed by atoms with E-state index in [1.165, 1.54) is 0 Å². The normalized spacial score (nSPS) is 10.4. The van der Waals surface area contributed by atoms with Gasteiger partial charge in [0.15, 0.2) is 0 Å². The first kappa shape index (κ1) is 12.6. The molecule has 2 N–H and O–H groups in total. The van der Waals surface area contributed by atoms with Crippen molar-refractivity contribution in [3.05, 3.63) is 23.3 Å². The average Bonchev–Trinajstić information content (AvgIpc) is 2.23. The Morgan fingerprint density at radius 2 is 1.81 bits per heavy atom. The van der Waals surface area contributed by atoms with E-state index in [1.807, 2.05) is 6.92 Å². The highest BCUT2D eigenvalue weighted by molar-refractivity contribution is 5.81. The van der Waals surface area contributed by atoms with Crippen molar-refractivity contribution < 1.29 is 15.0 Å². The highest BCUT2D eigenvalue weighted by Crippen LogP contribution is 2.27. The van der Waals surface area contributed by atoms with E-state index in [-0.39, 0.29) is 23.7 Å². The number of hydrogen-bond donors (Lipinski definition) is 2. The van der Waals surface area contributed by atoms with Crippen molar-refractivity contribution >= 4 is 5.78 Å². The molecule has 1 aromatic carbocycles. The molecule has 88 valence electrons. The number of benzene rings is 1. The van der Waals surface area contributed by atoms with Crippen LogP contribution in [0.3, 0.4) is 0 Å². The van der Waals surface area contributed by atoms with Crippen LogP contribution in [0.2, 0.25) is 0 Å². The van der Waals surface area contributed by atoms with Crippen LogP contribution in [0.25, 0.3) is 0 Å². The third kappa shape index (κ3) is 3.26. The van der Waals surface area contributed by atoms with Gasteiger partial charge >= 0.3 is 0 Å². The average molecular weight is 222 g/mol. The largest absolute Gasteiger partial charge is 0.508 e. The molecule has 0 saturated heterocycles. The van der Waals surface area contributed by atoms with Gasteiger partial charge in [0.1, 0.15) is 17.3 Å². The quantitative estimate of drug-likeness (QED) is 0.805. The molecule has 0 atom stereocenters. The Bertz CT molecular complexity index is 360. The summed E-state index contributed by atoms with van der Waals surface area (Å²) < 4.78 is 0. The molecular formula is C13H18O3. The summed E-state index contributed by atoms with van der Waals surface area (Å²) in [6.07, 6.45) is 2.73. The number of Topliss-reactive ketones (excluding diaryl/α,β-unsaturated/α-hetero) is 1. The number of ketones is 1. The van der Waals surface area contributed by atoms with Crippen molar-refractivity contribution in [3.63, 3.8) is 0 Å². The van der Waals surface area contributed by atoms with Crippen LogP contribution in [0, 0.1) is 6.92 Å². The van der Waals surface area contributed by atoms with Crippen LogP contribution >= 0.6 is 0 Å². The van der Waals surface area contributed by atoms with Crippen LogP contribution in [0.5, 0.6) is 11.5 Å². The Balaban J connectivity index is 2.71. The molecule has 0 aliphatic rings. The van der Waals surface area contributed by atoms with Crippen LogP contribution < -0.4 is 0 Å². The Morgan fingerprint density at radius 1 is 1.25 bits per heavy atom. The number of carbonyl (C=O) groups excluding carboxylic acids is 1. The fourth-order valence-corrected chi connectivity index (χ4v) is 1.53. The van der Waals surface area contributed by atoms with Crippen molar-refractivity contribution in [1.82, 2.24) is 0 Å². The monoisotopic (exact) mass is 222 g/mol. The zero-order chi connectivity index (χ0) is 12.1. The van der Waals surface area contributed by atoms with E-state index < -0.39 is 0 Å². The molecule has 3 nitrogen and oxygen atoms in total. The molecule has 1 rings (SSSR count). The molecule has 0 heterocycles. The fourth-order valence-electron chi connectivity index (χ4n) is 1.53. The van der Waals surface area contributed by atoms with Gasteiger partial charge in [-0.05, 0) is 31.0 Å². The molecule has 0 fully saturated rings. The van der Waals surface area contributed by atoms with Crippen molar-refractivity contribution in [3.8, 4) is 11.5 Å². The molecule has 0 aromatic heterocycles. The van der Waals surface area contributed by atoms with Crippen molar-refractivity contribution in [2.45, 2.75) is 39.5 Å². The number of unbranched alkanes of at least 4 members (excludes halogenated alkanes) is 1. The topological polar surface area (TPSA) is 57.5 Å².